The highest BCUT2D eigenvalue weighted by molar-refractivity contribution is 6.01. The van der Waals surface area contributed by atoms with Crippen molar-refractivity contribution in [3.05, 3.63) is 65.5 Å². The predicted octanol–water partition coefficient (Wildman–Crippen LogP) is 3.57. The van der Waals surface area contributed by atoms with Crippen LogP contribution in [0.2, 0.25) is 0 Å². The molecule has 0 spiro atoms. The second kappa shape index (κ2) is 6.24. The third-order valence-electron chi connectivity index (χ3n) is 4.61. The third kappa shape index (κ3) is 2.76. The zero-order valence-electron chi connectivity index (χ0n) is 13.2. The molecule has 4 rings (SSSR count). The number of halogens is 1. The molecule has 4 nitrogen and oxygen atoms in total. The monoisotopic (exact) mass is 326 g/mol. The summed E-state index contributed by atoms with van der Waals surface area (Å²) in [5, 5.41) is 3.38. The summed E-state index contributed by atoms with van der Waals surface area (Å²) in [7, 11) is 0. The van der Waals surface area contributed by atoms with Crippen LogP contribution in [0.1, 0.15) is 34.9 Å². The summed E-state index contributed by atoms with van der Waals surface area (Å²) >= 11 is 0. The number of amides is 1. The van der Waals surface area contributed by atoms with Gasteiger partial charge in [-0.15, -0.1) is 0 Å². The van der Waals surface area contributed by atoms with E-state index in [1.54, 1.807) is 11.0 Å². The summed E-state index contributed by atoms with van der Waals surface area (Å²) in [5.74, 6) is -0.355. The third-order valence-corrected chi connectivity index (χ3v) is 4.61. The van der Waals surface area contributed by atoms with E-state index in [1.807, 2.05) is 30.3 Å². The molecule has 2 aromatic carbocycles. The lowest BCUT2D eigenvalue weighted by molar-refractivity contribution is 0.0426. The number of hydrogen-bond donors (Lipinski definition) is 1. The van der Waals surface area contributed by atoms with Crippen molar-refractivity contribution in [1.82, 2.24) is 4.90 Å². The van der Waals surface area contributed by atoms with Gasteiger partial charge in [0.05, 0.1) is 11.7 Å². The molecule has 124 valence electrons. The SMILES string of the molecule is O=C1c2ccccc2N[C@@H](c2cccc(F)c2)N1C[C@@H]1CCCO1. The van der Waals surface area contributed by atoms with Crippen LogP contribution in [0, 0.1) is 5.82 Å². The number of anilines is 1. The molecule has 2 aliphatic heterocycles. The highest BCUT2D eigenvalue weighted by atomic mass is 19.1. The first-order valence-corrected chi connectivity index (χ1v) is 8.26. The van der Waals surface area contributed by atoms with Gasteiger partial charge in [-0.05, 0) is 42.7 Å². The largest absolute Gasteiger partial charge is 0.376 e. The molecule has 5 heteroatoms. The number of nitrogens with one attached hydrogen (secondary N) is 1. The molecule has 1 N–H and O–H groups in total. The molecule has 0 bridgehead atoms. The summed E-state index contributed by atoms with van der Waals surface area (Å²) in [6.07, 6.45) is 1.60. The van der Waals surface area contributed by atoms with Crippen molar-refractivity contribution in [1.29, 1.82) is 0 Å². The molecule has 1 fully saturated rings. The number of carbonyl (C=O) groups excluding carboxylic acids is 1. The lowest BCUT2D eigenvalue weighted by Crippen LogP contribution is -2.46. The Kier molecular flexibility index (Phi) is 3.94. The van der Waals surface area contributed by atoms with Gasteiger partial charge in [0.2, 0.25) is 0 Å². The smallest absolute Gasteiger partial charge is 0.257 e. The van der Waals surface area contributed by atoms with Crippen LogP contribution in [-0.2, 0) is 4.74 Å². The van der Waals surface area contributed by atoms with Crippen LogP contribution in [-0.4, -0.2) is 30.1 Å². The van der Waals surface area contributed by atoms with Crippen LogP contribution < -0.4 is 5.32 Å². The quantitative estimate of drug-likeness (QED) is 0.937. The van der Waals surface area contributed by atoms with E-state index in [1.165, 1.54) is 12.1 Å². The van der Waals surface area contributed by atoms with E-state index in [0.29, 0.717) is 12.1 Å². The minimum absolute atomic E-state index is 0.0390. The maximum Gasteiger partial charge on any atom is 0.257 e. The molecule has 0 radical (unpaired) electrons. The van der Waals surface area contributed by atoms with Crippen LogP contribution in [0.25, 0.3) is 0 Å². The summed E-state index contributed by atoms with van der Waals surface area (Å²) in [6, 6.07) is 13.8. The number of hydrogen-bond acceptors (Lipinski definition) is 3. The lowest BCUT2D eigenvalue weighted by atomic mass is 10.0. The fourth-order valence-electron chi connectivity index (χ4n) is 3.43. The van der Waals surface area contributed by atoms with Crippen LogP contribution in [0.15, 0.2) is 48.5 Å². The summed E-state index contributed by atoms with van der Waals surface area (Å²) < 4.78 is 19.4. The van der Waals surface area contributed by atoms with E-state index in [0.717, 1.165) is 30.7 Å². The predicted molar refractivity (Wildman–Crippen MR) is 89.2 cm³/mol. The maximum atomic E-state index is 13.7. The molecule has 0 unspecified atom stereocenters. The van der Waals surface area contributed by atoms with Crippen LogP contribution in [0.4, 0.5) is 10.1 Å². The molecular weight excluding hydrogens is 307 g/mol. The standard InChI is InChI=1S/C19H19FN2O2/c20-14-6-3-5-13(11-14)18-21-17-9-2-1-8-16(17)19(23)22(18)12-15-7-4-10-24-15/h1-3,5-6,8-9,11,15,18,21H,4,7,10,12H2/t15-,18+/m0/s1. The Morgan fingerprint density at radius 2 is 2.08 bits per heavy atom. The molecule has 0 aliphatic carbocycles. The number of ether oxygens (including phenoxy) is 1. The van der Waals surface area contributed by atoms with E-state index in [-0.39, 0.29) is 17.8 Å². The normalized spacial score (nSPS) is 23.0. The van der Waals surface area contributed by atoms with Gasteiger partial charge in [0.15, 0.2) is 0 Å². The van der Waals surface area contributed by atoms with E-state index in [4.69, 9.17) is 4.74 Å². The second-order valence-corrected chi connectivity index (χ2v) is 6.24. The Balaban J connectivity index is 1.72. The van der Waals surface area contributed by atoms with Crippen LogP contribution in [0.5, 0.6) is 0 Å². The van der Waals surface area contributed by atoms with Crippen molar-refractivity contribution >= 4 is 11.6 Å². The molecular formula is C19H19FN2O2. The van der Waals surface area contributed by atoms with Gasteiger partial charge in [-0.3, -0.25) is 4.79 Å². The Morgan fingerprint density at radius 1 is 1.21 bits per heavy atom. The molecule has 24 heavy (non-hydrogen) atoms. The number of nitrogens with zero attached hydrogens (tertiary/aromatic N) is 1. The van der Waals surface area contributed by atoms with E-state index >= 15 is 0 Å². The summed E-state index contributed by atoms with van der Waals surface area (Å²) in [4.78, 5) is 14.8. The first kappa shape index (κ1) is 15.1. The van der Waals surface area contributed by atoms with Gasteiger partial charge in [-0.2, -0.15) is 0 Å². The molecule has 2 atom stereocenters. The fraction of sp³-hybridized carbons (Fsp3) is 0.316. The molecule has 2 aromatic rings. The number of benzene rings is 2. The van der Waals surface area contributed by atoms with Crippen molar-refractivity contribution in [2.24, 2.45) is 0 Å². The van der Waals surface area contributed by atoms with Gasteiger partial charge in [0.25, 0.3) is 5.91 Å². The van der Waals surface area contributed by atoms with E-state index < -0.39 is 6.17 Å². The molecule has 0 aromatic heterocycles. The van der Waals surface area contributed by atoms with Crippen molar-refractivity contribution in [3.8, 4) is 0 Å². The number of fused-ring (bicyclic) bond motifs is 1. The minimum Gasteiger partial charge on any atom is -0.376 e. The van der Waals surface area contributed by atoms with Crippen LogP contribution in [0.3, 0.4) is 0 Å². The van der Waals surface area contributed by atoms with Gasteiger partial charge in [0.1, 0.15) is 12.0 Å². The van der Waals surface area contributed by atoms with Gasteiger partial charge in [-0.25, -0.2) is 4.39 Å². The average Bonchev–Trinajstić information content (AvgIpc) is 3.10. The maximum absolute atomic E-state index is 13.7. The van der Waals surface area contributed by atoms with E-state index in [9.17, 15) is 9.18 Å². The minimum atomic E-state index is -0.396. The van der Waals surface area contributed by atoms with Crippen molar-refractivity contribution in [3.63, 3.8) is 0 Å². The number of rotatable bonds is 3. The average molecular weight is 326 g/mol. The molecule has 2 aliphatic rings. The molecule has 1 saturated heterocycles. The van der Waals surface area contributed by atoms with Gasteiger partial charge >= 0.3 is 0 Å². The van der Waals surface area contributed by atoms with Crippen molar-refractivity contribution in [2.45, 2.75) is 25.1 Å². The molecule has 0 saturated carbocycles. The van der Waals surface area contributed by atoms with Gasteiger partial charge in [0, 0.05) is 18.8 Å². The topological polar surface area (TPSA) is 41.6 Å². The van der Waals surface area contributed by atoms with Gasteiger partial charge in [-0.1, -0.05) is 24.3 Å². The Hall–Kier alpha value is -2.40. The van der Waals surface area contributed by atoms with Crippen molar-refractivity contribution in [2.75, 3.05) is 18.5 Å². The summed E-state index contributed by atoms with van der Waals surface area (Å²) in [5.41, 5.74) is 2.15. The first-order valence-electron chi connectivity index (χ1n) is 8.26. The fourth-order valence-corrected chi connectivity index (χ4v) is 3.43. The van der Waals surface area contributed by atoms with Crippen LogP contribution >= 0.6 is 0 Å². The Labute approximate surface area is 140 Å². The molecule has 1 amide bonds. The number of carbonyl (C=O) groups is 1. The van der Waals surface area contributed by atoms with Crippen molar-refractivity contribution < 1.29 is 13.9 Å². The Bertz CT molecular complexity index is 759. The number of para-hydroxylation sites is 1. The highest BCUT2D eigenvalue weighted by Gasteiger charge is 2.35. The Morgan fingerprint density at radius 3 is 2.88 bits per heavy atom. The molecule has 2 heterocycles. The zero-order chi connectivity index (χ0) is 16.5. The lowest BCUT2D eigenvalue weighted by Gasteiger charge is -2.39. The summed E-state index contributed by atoms with van der Waals surface area (Å²) in [6.45, 7) is 1.24. The second-order valence-electron chi connectivity index (χ2n) is 6.24. The first-order chi connectivity index (χ1) is 11.7. The van der Waals surface area contributed by atoms with E-state index in [2.05, 4.69) is 5.32 Å². The van der Waals surface area contributed by atoms with Gasteiger partial charge < -0.3 is 15.0 Å². The highest BCUT2D eigenvalue weighted by Crippen LogP contribution is 2.34. The zero-order valence-corrected chi connectivity index (χ0v) is 13.2.